The molecule has 1 fully saturated rings. The first kappa shape index (κ1) is 16.6. The van der Waals surface area contributed by atoms with Gasteiger partial charge in [-0.15, -0.1) is 0 Å². The minimum absolute atomic E-state index is 0.133. The monoisotopic (exact) mass is 350 g/mol. The molecule has 4 rings (SSSR count). The minimum atomic E-state index is -0.133. The second-order valence-corrected chi connectivity index (χ2v) is 6.66. The van der Waals surface area contributed by atoms with Crippen molar-refractivity contribution in [2.75, 3.05) is 43.1 Å². The van der Waals surface area contributed by atoms with Gasteiger partial charge in [0.05, 0.1) is 17.0 Å². The molecule has 1 aromatic heterocycles. The lowest BCUT2D eigenvalue weighted by molar-refractivity contribution is -0.114. The lowest BCUT2D eigenvalue weighted by Crippen LogP contribution is -2.44. The molecule has 134 valence electrons. The molecule has 2 aliphatic rings. The Labute approximate surface area is 153 Å². The van der Waals surface area contributed by atoms with Gasteiger partial charge in [-0.2, -0.15) is 10.1 Å². The highest BCUT2D eigenvalue weighted by molar-refractivity contribution is 6.32. The van der Waals surface area contributed by atoms with E-state index in [0.29, 0.717) is 17.0 Å². The third kappa shape index (κ3) is 3.15. The molecule has 1 amide bonds. The maximum Gasteiger partial charge on any atom is 0.280 e. The summed E-state index contributed by atoms with van der Waals surface area (Å²) >= 11 is 0. The van der Waals surface area contributed by atoms with Gasteiger partial charge >= 0.3 is 0 Å². The fourth-order valence-electron chi connectivity index (χ4n) is 3.19. The summed E-state index contributed by atoms with van der Waals surface area (Å²) in [6.07, 6.45) is 1.78. The van der Waals surface area contributed by atoms with Gasteiger partial charge in [-0.3, -0.25) is 4.79 Å². The molecule has 2 aromatic rings. The van der Waals surface area contributed by atoms with Crippen molar-refractivity contribution in [2.24, 2.45) is 5.10 Å². The predicted octanol–water partition coefficient (Wildman–Crippen LogP) is 2.84. The average Bonchev–Trinajstić information content (AvgIpc) is 3.23. The number of anilines is 2. The van der Waals surface area contributed by atoms with Gasteiger partial charge in [0, 0.05) is 32.2 Å². The molecular weight excluding hydrogens is 328 g/mol. The van der Waals surface area contributed by atoms with Crippen LogP contribution in [0.15, 0.2) is 57.6 Å². The molecule has 0 aliphatic carbocycles. The third-order valence-corrected chi connectivity index (χ3v) is 4.78. The Morgan fingerprint density at radius 2 is 1.77 bits per heavy atom. The van der Waals surface area contributed by atoms with Gasteiger partial charge < -0.3 is 14.2 Å². The van der Waals surface area contributed by atoms with Crippen LogP contribution in [-0.4, -0.2) is 49.7 Å². The second-order valence-electron chi connectivity index (χ2n) is 6.66. The first-order valence-corrected chi connectivity index (χ1v) is 8.82. The number of hydrogen-bond acceptors (Lipinski definition) is 5. The molecule has 0 N–H and O–H groups in total. The number of nitrogens with zero attached hydrogens (tertiary/aromatic N) is 4. The summed E-state index contributed by atoms with van der Waals surface area (Å²) in [5, 5.41) is 5.83. The number of rotatable bonds is 3. The van der Waals surface area contributed by atoms with Crippen LogP contribution in [0.1, 0.15) is 12.7 Å². The predicted molar refractivity (Wildman–Crippen MR) is 103 cm³/mol. The van der Waals surface area contributed by atoms with Gasteiger partial charge in [-0.05, 0) is 38.2 Å². The van der Waals surface area contributed by atoms with Crippen LogP contribution in [-0.2, 0) is 4.79 Å². The largest absolute Gasteiger partial charge is 0.441 e. The Hall–Kier alpha value is -2.86. The standard InChI is InChI=1S/C20H22N4O2/c1-15-18(20(25)24(21-15)16-6-4-3-5-7-16)14-17-8-9-19(26-17)23-12-10-22(2)11-13-23/h3-9,14H,10-13H2,1-2H3/b18-14-. The molecule has 6 heteroatoms. The van der Waals surface area contributed by atoms with E-state index in [4.69, 9.17) is 4.42 Å². The number of para-hydroxylation sites is 1. The van der Waals surface area contributed by atoms with Crippen LogP contribution in [0.4, 0.5) is 11.6 Å². The normalized spacial score (nSPS) is 20.2. The van der Waals surface area contributed by atoms with E-state index in [9.17, 15) is 4.79 Å². The lowest BCUT2D eigenvalue weighted by Gasteiger charge is -2.32. The molecule has 0 radical (unpaired) electrons. The van der Waals surface area contributed by atoms with E-state index in [-0.39, 0.29) is 5.91 Å². The molecule has 0 atom stereocenters. The van der Waals surface area contributed by atoms with Crippen molar-refractivity contribution in [3.05, 3.63) is 53.8 Å². The van der Waals surface area contributed by atoms with Crippen LogP contribution >= 0.6 is 0 Å². The van der Waals surface area contributed by atoms with Crippen LogP contribution in [0.3, 0.4) is 0 Å². The molecule has 1 saturated heterocycles. The highest BCUT2D eigenvalue weighted by Gasteiger charge is 2.29. The van der Waals surface area contributed by atoms with E-state index in [0.717, 1.165) is 37.8 Å². The number of carbonyl (C=O) groups is 1. The number of piperazine rings is 1. The lowest BCUT2D eigenvalue weighted by atomic mass is 10.1. The molecule has 0 unspecified atom stereocenters. The molecule has 0 saturated carbocycles. The van der Waals surface area contributed by atoms with E-state index >= 15 is 0 Å². The van der Waals surface area contributed by atoms with Gasteiger partial charge in [-0.1, -0.05) is 18.2 Å². The summed E-state index contributed by atoms with van der Waals surface area (Å²) < 4.78 is 5.96. The summed E-state index contributed by atoms with van der Waals surface area (Å²) in [7, 11) is 2.13. The van der Waals surface area contributed by atoms with E-state index in [1.807, 2.05) is 49.4 Å². The average molecular weight is 350 g/mol. The minimum Gasteiger partial charge on any atom is -0.441 e. The molecule has 2 aliphatic heterocycles. The summed E-state index contributed by atoms with van der Waals surface area (Å²) in [6.45, 7) is 5.78. The van der Waals surface area contributed by atoms with Crippen molar-refractivity contribution in [2.45, 2.75) is 6.92 Å². The van der Waals surface area contributed by atoms with Crippen LogP contribution in [0, 0.1) is 0 Å². The smallest absolute Gasteiger partial charge is 0.280 e. The molecule has 6 nitrogen and oxygen atoms in total. The second kappa shape index (κ2) is 6.80. The number of hydrazone groups is 1. The summed E-state index contributed by atoms with van der Waals surface area (Å²) in [4.78, 5) is 17.3. The number of benzene rings is 1. The van der Waals surface area contributed by atoms with Gasteiger partial charge in [0.1, 0.15) is 5.76 Å². The number of carbonyl (C=O) groups excluding carboxylic acids is 1. The van der Waals surface area contributed by atoms with Crippen molar-refractivity contribution in [3.8, 4) is 0 Å². The van der Waals surface area contributed by atoms with Gasteiger partial charge in [0.15, 0.2) is 5.88 Å². The van der Waals surface area contributed by atoms with Gasteiger partial charge in [0.2, 0.25) is 0 Å². The van der Waals surface area contributed by atoms with E-state index in [1.165, 1.54) is 5.01 Å². The molecular formula is C20H22N4O2. The topological polar surface area (TPSA) is 52.3 Å². The van der Waals surface area contributed by atoms with E-state index in [1.54, 1.807) is 6.08 Å². The highest BCUT2D eigenvalue weighted by atomic mass is 16.4. The van der Waals surface area contributed by atoms with Crippen molar-refractivity contribution >= 4 is 29.3 Å². The van der Waals surface area contributed by atoms with Crippen LogP contribution in [0.5, 0.6) is 0 Å². The number of amides is 1. The van der Waals surface area contributed by atoms with Crippen LogP contribution in [0.25, 0.3) is 6.08 Å². The van der Waals surface area contributed by atoms with Crippen molar-refractivity contribution in [3.63, 3.8) is 0 Å². The number of furan rings is 1. The molecule has 3 heterocycles. The Morgan fingerprint density at radius 3 is 2.50 bits per heavy atom. The quantitative estimate of drug-likeness (QED) is 0.799. The maximum absolute atomic E-state index is 12.8. The summed E-state index contributed by atoms with van der Waals surface area (Å²) in [5.74, 6) is 1.39. The molecule has 0 spiro atoms. The first-order chi connectivity index (χ1) is 12.6. The fraction of sp³-hybridized carbons (Fsp3) is 0.300. The van der Waals surface area contributed by atoms with Crippen molar-refractivity contribution in [1.82, 2.24) is 4.90 Å². The van der Waals surface area contributed by atoms with Crippen molar-refractivity contribution in [1.29, 1.82) is 0 Å². The number of likely N-dealkylation sites (N-methyl/N-ethyl adjacent to an activating group) is 1. The Bertz CT molecular complexity index is 861. The molecule has 1 aromatic carbocycles. The fourth-order valence-corrected chi connectivity index (χ4v) is 3.19. The van der Waals surface area contributed by atoms with Crippen LogP contribution < -0.4 is 9.91 Å². The SMILES string of the molecule is CC1=NN(c2ccccc2)C(=O)/C1=C\c1ccc(N2CCN(C)CC2)o1. The van der Waals surface area contributed by atoms with E-state index in [2.05, 4.69) is 21.9 Å². The summed E-state index contributed by atoms with van der Waals surface area (Å²) in [5.41, 5.74) is 2.02. The molecule has 26 heavy (non-hydrogen) atoms. The third-order valence-electron chi connectivity index (χ3n) is 4.78. The zero-order chi connectivity index (χ0) is 18.1. The molecule has 0 bridgehead atoms. The van der Waals surface area contributed by atoms with Gasteiger partial charge in [0.25, 0.3) is 5.91 Å². The number of hydrogen-bond donors (Lipinski definition) is 0. The van der Waals surface area contributed by atoms with Gasteiger partial charge in [-0.25, -0.2) is 0 Å². The maximum atomic E-state index is 12.8. The Kier molecular flexibility index (Phi) is 4.34. The zero-order valence-corrected chi connectivity index (χ0v) is 15.1. The van der Waals surface area contributed by atoms with E-state index < -0.39 is 0 Å². The van der Waals surface area contributed by atoms with Crippen LogP contribution in [0.2, 0.25) is 0 Å². The highest BCUT2D eigenvalue weighted by Crippen LogP contribution is 2.26. The first-order valence-electron chi connectivity index (χ1n) is 8.82. The Morgan fingerprint density at radius 1 is 1.04 bits per heavy atom. The Balaban J connectivity index is 1.54. The zero-order valence-electron chi connectivity index (χ0n) is 15.1. The summed E-state index contributed by atoms with van der Waals surface area (Å²) in [6, 6.07) is 13.3. The van der Waals surface area contributed by atoms with Crippen molar-refractivity contribution < 1.29 is 9.21 Å².